The third kappa shape index (κ3) is 4.58. The maximum Gasteiger partial charge on any atom is 0.340 e. The van der Waals surface area contributed by atoms with Crippen LogP contribution in [0.3, 0.4) is 0 Å². The molecule has 7 rings (SSSR count). The number of fused-ring (bicyclic) bond motifs is 7. The number of ether oxygens (including phenoxy) is 1. The summed E-state index contributed by atoms with van der Waals surface area (Å²) in [6, 6.07) is 8.27. The predicted octanol–water partition coefficient (Wildman–Crippen LogP) is 6.82. The van der Waals surface area contributed by atoms with Crippen LogP contribution in [0.1, 0.15) is 93.7 Å². The van der Waals surface area contributed by atoms with Crippen molar-refractivity contribution in [3.63, 3.8) is 0 Å². The van der Waals surface area contributed by atoms with Crippen LogP contribution in [0.5, 0.6) is 0 Å². The zero-order valence-corrected chi connectivity index (χ0v) is 27.0. The van der Waals surface area contributed by atoms with Gasteiger partial charge in [0.05, 0.1) is 6.61 Å². The first-order chi connectivity index (χ1) is 21.0. The van der Waals surface area contributed by atoms with Gasteiger partial charge in [0.15, 0.2) is 0 Å². The summed E-state index contributed by atoms with van der Waals surface area (Å²) in [5, 5.41) is 1.85. The Bertz CT molecular complexity index is 1910. The van der Waals surface area contributed by atoms with Crippen molar-refractivity contribution in [1.82, 2.24) is 0 Å². The van der Waals surface area contributed by atoms with E-state index < -0.39 is 0 Å². The van der Waals surface area contributed by atoms with Gasteiger partial charge in [-0.2, -0.15) is 0 Å². The Balaban J connectivity index is 1.33. The third-order valence-electron chi connectivity index (χ3n) is 10.6. The van der Waals surface area contributed by atoms with Crippen LogP contribution in [0.4, 0.5) is 11.4 Å². The number of hydrogen-bond acceptors (Lipinski definition) is 7. The topological polar surface area (TPSA) is 76.1 Å². The number of hydrogen-bond donors (Lipinski definition) is 0. The lowest BCUT2D eigenvalue weighted by molar-refractivity contribution is 0.138. The third-order valence-corrected chi connectivity index (χ3v) is 10.6. The van der Waals surface area contributed by atoms with Gasteiger partial charge in [0.25, 0.3) is 0 Å². The molecule has 4 heterocycles. The van der Waals surface area contributed by atoms with Crippen molar-refractivity contribution >= 4 is 33.3 Å². The largest absolute Gasteiger partial charge is 0.422 e. The van der Waals surface area contributed by atoms with E-state index in [1.165, 1.54) is 11.3 Å². The highest BCUT2D eigenvalue weighted by Crippen LogP contribution is 2.52. The molecule has 0 unspecified atom stereocenters. The van der Waals surface area contributed by atoms with Gasteiger partial charge in [0.2, 0.25) is 0 Å². The van der Waals surface area contributed by atoms with Crippen LogP contribution in [0.2, 0.25) is 0 Å². The number of nitrogens with zero attached hydrogens (tertiary/aromatic N) is 2. The second kappa shape index (κ2) is 10.5. The van der Waals surface area contributed by atoms with E-state index in [0.29, 0.717) is 41.7 Å². The molecule has 44 heavy (non-hydrogen) atoms. The molecule has 0 amide bonds. The molecule has 2 aromatic carbocycles. The van der Waals surface area contributed by atoms with Crippen molar-refractivity contribution in [3.05, 3.63) is 78.5 Å². The second-order valence-electron chi connectivity index (χ2n) is 14.4. The van der Waals surface area contributed by atoms with E-state index in [1.54, 1.807) is 0 Å². The quantitative estimate of drug-likeness (QED) is 0.151. The van der Waals surface area contributed by atoms with Crippen molar-refractivity contribution in [1.29, 1.82) is 0 Å². The van der Waals surface area contributed by atoms with E-state index in [-0.39, 0.29) is 22.1 Å². The van der Waals surface area contributed by atoms with E-state index in [4.69, 9.17) is 13.6 Å². The molecule has 1 aliphatic carbocycles. The fourth-order valence-corrected chi connectivity index (χ4v) is 7.65. The zero-order valence-electron chi connectivity index (χ0n) is 27.0. The Kier molecular flexibility index (Phi) is 6.96. The molecule has 0 saturated carbocycles. The molecule has 0 spiro atoms. The zero-order chi connectivity index (χ0) is 31.0. The molecule has 0 fully saturated rings. The van der Waals surface area contributed by atoms with Gasteiger partial charge in [0.1, 0.15) is 11.2 Å². The smallest absolute Gasteiger partial charge is 0.340 e. The van der Waals surface area contributed by atoms with Gasteiger partial charge in [-0.1, -0.05) is 41.0 Å². The SMILES string of the molecule is CCCCOCCN(C)c1ccc2c3c(c(=O)oc2c1)Cc1c(c(=O)oc2c4c5c(cc12)C(C)(C)CCN5CCC4(C)C)C3. The molecule has 7 nitrogen and oxygen atoms in total. The summed E-state index contributed by atoms with van der Waals surface area (Å²) >= 11 is 0. The summed E-state index contributed by atoms with van der Waals surface area (Å²) in [7, 11) is 2.02. The molecule has 232 valence electrons. The van der Waals surface area contributed by atoms with Crippen LogP contribution in [0.15, 0.2) is 42.7 Å². The van der Waals surface area contributed by atoms with Gasteiger partial charge in [-0.05, 0) is 65.0 Å². The van der Waals surface area contributed by atoms with Gasteiger partial charge < -0.3 is 23.4 Å². The summed E-state index contributed by atoms with van der Waals surface area (Å²) in [5.74, 6) is 0. The molecule has 7 heteroatoms. The highest BCUT2D eigenvalue weighted by atomic mass is 16.5. The normalized spacial score (nSPS) is 17.8. The maximum absolute atomic E-state index is 13.8. The Labute approximate surface area is 258 Å². The molecule has 0 N–H and O–H groups in total. The van der Waals surface area contributed by atoms with Gasteiger partial charge in [-0.25, -0.2) is 9.59 Å². The highest BCUT2D eigenvalue weighted by molar-refractivity contribution is 5.94. The highest BCUT2D eigenvalue weighted by Gasteiger charge is 2.42. The van der Waals surface area contributed by atoms with Crippen LogP contribution in [0, 0.1) is 0 Å². The predicted molar refractivity (Wildman–Crippen MR) is 177 cm³/mol. The first-order valence-electron chi connectivity index (χ1n) is 16.3. The van der Waals surface area contributed by atoms with Gasteiger partial charge in [-0.15, -0.1) is 0 Å². The number of anilines is 2. The molecular formula is C37H44N2O5. The van der Waals surface area contributed by atoms with Crippen LogP contribution in [0.25, 0.3) is 21.9 Å². The molecule has 2 aliphatic heterocycles. The van der Waals surface area contributed by atoms with E-state index in [0.717, 1.165) is 85.1 Å². The lowest BCUT2D eigenvalue weighted by Gasteiger charge is -2.48. The fourth-order valence-electron chi connectivity index (χ4n) is 7.65. The van der Waals surface area contributed by atoms with Crippen LogP contribution in [-0.2, 0) is 28.4 Å². The first-order valence-corrected chi connectivity index (χ1v) is 16.3. The van der Waals surface area contributed by atoms with Gasteiger partial charge in [-0.3, -0.25) is 0 Å². The van der Waals surface area contributed by atoms with Gasteiger partial charge in [0, 0.05) is 91.0 Å². The summed E-state index contributed by atoms with van der Waals surface area (Å²) in [5.41, 5.74) is 8.26. The summed E-state index contributed by atoms with van der Waals surface area (Å²) in [6.45, 7) is 15.5. The Morgan fingerprint density at radius 3 is 2.27 bits per heavy atom. The number of rotatable bonds is 7. The number of likely N-dealkylation sites (N-methyl/N-ethyl adjacent to an activating group) is 1. The number of unbranched alkanes of at least 4 members (excludes halogenated alkanes) is 1. The first kappa shape index (κ1) is 29.1. The average Bonchev–Trinajstić information content (AvgIpc) is 2.99. The monoisotopic (exact) mass is 596 g/mol. The molecule has 0 saturated heterocycles. The molecule has 4 aromatic rings. The molecule has 0 atom stereocenters. The van der Waals surface area contributed by atoms with Crippen molar-refractivity contribution in [2.45, 2.75) is 84.0 Å². The van der Waals surface area contributed by atoms with Gasteiger partial charge >= 0.3 is 11.3 Å². The molecule has 3 aliphatic rings. The second-order valence-corrected chi connectivity index (χ2v) is 14.4. The van der Waals surface area contributed by atoms with Crippen molar-refractivity contribution in [2.75, 3.05) is 49.7 Å². The van der Waals surface area contributed by atoms with E-state index in [9.17, 15) is 9.59 Å². The maximum atomic E-state index is 13.8. The van der Waals surface area contributed by atoms with Crippen molar-refractivity contribution in [2.24, 2.45) is 0 Å². The molecule has 0 bridgehead atoms. The Morgan fingerprint density at radius 1 is 0.864 bits per heavy atom. The lowest BCUT2D eigenvalue weighted by atomic mass is 9.68. The van der Waals surface area contributed by atoms with Crippen molar-refractivity contribution < 1.29 is 13.6 Å². The average molecular weight is 597 g/mol. The lowest BCUT2D eigenvalue weighted by Crippen LogP contribution is -2.45. The summed E-state index contributed by atoms with van der Waals surface area (Å²) < 4.78 is 18.0. The summed E-state index contributed by atoms with van der Waals surface area (Å²) in [4.78, 5) is 32.0. The van der Waals surface area contributed by atoms with Crippen molar-refractivity contribution in [3.8, 4) is 0 Å². The van der Waals surface area contributed by atoms with E-state index >= 15 is 0 Å². The van der Waals surface area contributed by atoms with E-state index in [2.05, 4.69) is 56.6 Å². The summed E-state index contributed by atoms with van der Waals surface area (Å²) in [6.07, 6.45) is 4.98. The minimum atomic E-state index is -0.326. The minimum absolute atomic E-state index is 0.000479. The Hall–Kier alpha value is -3.58. The minimum Gasteiger partial charge on any atom is -0.422 e. The van der Waals surface area contributed by atoms with Crippen LogP contribution < -0.4 is 21.1 Å². The van der Waals surface area contributed by atoms with Crippen LogP contribution >= 0.6 is 0 Å². The molecule has 2 aromatic heterocycles. The molecular weight excluding hydrogens is 552 g/mol. The molecule has 0 radical (unpaired) electrons. The van der Waals surface area contributed by atoms with Crippen LogP contribution in [-0.4, -0.2) is 39.9 Å². The standard InChI is InChI=1S/C37H44N2O5/c1-7-8-16-42-17-15-38(6)22-9-10-23-24-19-28-25(20-27(24)34(40)43-30(23)18-22)26-21-29-32-31(33(26)44-35(28)41)37(4,5)12-14-39(32)13-11-36(29,2)3/h9-10,18,21H,7-8,11-17,19-20H2,1-6H3. The number of benzene rings is 2. The fraction of sp³-hybridized carbons (Fsp3) is 0.514. The van der Waals surface area contributed by atoms with E-state index in [1.807, 2.05) is 19.2 Å². The Morgan fingerprint density at radius 2 is 1.55 bits per heavy atom.